The zero-order chi connectivity index (χ0) is 31.6. The molecule has 3 heterocycles. The summed E-state index contributed by atoms with van der Waals surface area (Å²) in [5.74, 6) is 2.15. The number of nitrogens with one attached hydrogen (secondary N) is 1. The topological polar surface area (TPSA) is 62.6 Å². The fourth-order valence-electron chi connectivity index (χ4n) is 8.40. The molecule has 3 atom stereocenters. The van der Waals surface area contributed by atoms with Gasteiger partial charge in [0.2, 0.25) is 0 Å². The van der Waals surface area contributed by atoms with Crippen molar-refractivity contribution in [3.05, 3.63) is 83.9 Å². The van der Waals surface area contributed by atoms with Crippen LogP contribution in [0.2, 0.25) is 0 Å². The van der Waals surface area contributed by atoms with Gasteiger partial charge in [0.15, 0.2) is 0 Å². The van der Waals surface area contributed by atoms with Crippen molar-refractivity contribution in [1.82, 2.24) is 19.8 Å². The molecule has 6 rings (SSSR count). The zero-order valence-electron chi connectivity index (χ0n) is 26.2. The fraction of sp³-hybridized carbons (Fsp3) is 0.543. The van der Waals surface area contributed by atoms with Gasteiger partial charge in [0, 0.05) is 61.6 Å². The van der Waals surface area contributed by atoms with Crippen LogP contribution in [-0.2, 0) is 22.9 Å². The molecule has 1 aromatic heterocycles. The quantitative estimate of drug-likeness (QED) is 0.294. The van der Waals surface area contributed by atoms with Crippen molar-refractivity contribution in [3.8, 4) is 0 Å². The molecule has 242 valence electrons. The normalized spacial score (nSPS) is 23.0. The van der Waals surface area contributed by atoms with E-state index in [4.69, 9.17) is 4.74 Å². The van der Waals surface area contributed by atoms with Gasteiger partial charge in [-0.3, -0.25) is 0 Å². The molecule has 2 aromatic carbocycles. The van der Waals surface area contributed by atoms with Gasteiger partial charge in [-0.25, -0.2) is 9.78 Å². The molecule has 3 aromatic rings. The number of nitrogens with zero attached hydrogens (tertiary/aromatic N) is 4. The number of ether oxygens (including phenoxy) is 1. The van der Waals surface area contributed by atoms with E-state index in [0.717, 1.165) is 82.9 Å². The number of aryl methyl sites for hydroxylation is 1. The highest BCUT2D eigenvalue weighted by Crippen LogP contribution is 2.51. The third-order valence-corrected chi connectivity index (χ3v) is 10.7. The van der Waals surface area contributed by atoms with Crippen LogP contribution in [0.5, 0.6) is 0 Å². The van der Waals surface area contributed by atoms with E-state index in [1.165, 1.54) is 24.8 Å². The maximum atomic E-state index is 13.0. The molecule has 45 heavy (non-hydrogen) atoms. The predicted molar refractivity (Wildman–Crippen MR) is 168 cm³/mol. The van der Waals surface area contributed by atoms with Crippen molar-refractivity contribution >= 4 is 11.8 Å². The van der Waals surface area contributed by atoms with Crippen LogP contribution >= 0.6 is 0 Å². The summed E-state index contributed by atoms with van der Waals surface area (Å²) in [7, 11) is 1.43. The molecule has 1 saturated carbocycles. The number of alkyl carbamates (subject to hydrolysis) is 1. The lowest BCUT2D eigenvalue weighted by Gasteiger charge is -2.51. The molecule has 0 bridgehead atoms. The number of imidazole rings is 1. The largest absolute Gasteiger partial charge is 0.453 e. The first-order valence-corrected chi connectivity index (χ1v) is 16.2. The van der Waals surface area contributed by atoms with Gasteiger partial charge < -0.3 is 24.4 Å². The molecule has 1 aliphatic carbocycles. The van der Waals surface area contributed by atoms with Gasteiger partial charge in [-0.2, -0.15) is 13.2 Å². The second-order valence-electron chi connectivity index (χ2n) is 13.2. The third-order valence-electron chi connectivity index (χ3n) is 10.7. The van der Waals surface area contributed by atoms with Crippen LogP contribution in [-0.4, -0.2) is 66.4 Å². The lowest BCUT2D eigenvalue weighted by molar-refractivity contribution is -0.137. The molecule has 2 aliphatic heterocycles. The van der Waals surface area contributed by atoms with E-state index in [9.17, 15) is 18.0 Å². The van der Waals surface area contributed by atoms with Gasteiger partial charge in [-0.05, 0) is 87.4 Å². The van der Waals surface area contributed by atoms with Crippen LogP contribution < -0.4 is 10.2 Å². The number of hydrogen-bond donors (Lipinski definition) is 1. The van der Waals surface area contributed by atoms with Crippen molar-refractivity contribution in [2.24, 2.45) is 17.8 Å². The number of likely N-dealkylation sites (tertiary alicyclic amines) is 1. The molecule has 0 spiro atoms. The first kappa shape index (κ1) is 31.5. The Hall–Kier alpha value is -3.53. The molecule has 3 fully saturated rings. The Kier molecular flexibility index (Phi) is 9.13. The standard InChI is InChI=1S/C35H44F3N5O2/c1-25-39-17-20-42(25)24-34(27-7-4-3-5-8-27,31-9-6-10-32(31)40-33(44)45-2)28-15-18-41(19-16-28)21-26-22-43(23-26)30-13-11-29(12-14-30)35(36,37)38/h3-5,7-8,11-14,17,20,26,28,31-32H,6,9-10,15-16,18-19,21-24H2,1-2H3,(H,40,44)/t31-,32?,34?/m1/s1. The van der Waals surface area contributed by atoms with E-state index in [1.807, 2.05) is 6.20 Å². The maximum Gasteiger partial charge on any atom is 0.416 e. The summed E-state index contributed by atoms with van der Waals surface area (Å²) in [6.07, 6.45) is 4.43. The number of alkyl halides is 3. The number of benzene rings is 2. The van der Waals surface area contributed by atoms with Crippen molar-refractivity contribution in [2.75, 3.05) is 44.7 Å². The summed E-state index contributed by atoms with van der Waals surface area (Å²) in [6.45, 7) is 7.59. The minimum Gasteiger partial charge on any atom is -0.453 e. The van der Waals surface area contributed by atoms with Gasteiger partial charge in [0.05, 0.1) is 12.7 Å². The van der Waals surface area contributed by atoms with Crippen molar-refractivity contribution in [1.29, 1.82) is 0 Å². The van der Waals surface area contributed by atoms with E-state index in [2.05, 4.69) is 68.1 Å². The van der Waals surface area contributed by atoms with Gasteiger partial charge >= 0.3 is 12.3 Å². The number of carbonyl (C=O) groups is 1. The summed E-state index contributed by atoms with van der Waals surface area (Å²) in [5, 5.41) is 3.21. The van der Waals surface area contributed by atoms with Gasteiger partial charge in [0.25, 0.3) is 0 Å². The number of aromatic nitrogens is 2. The fourth-order valence-corrected chi connectivity index (χ4v) is 8.40. The second-order valence-corrected chi connectivity index (χ2v) is 13.2. The smallest absolute Gasteiger partial charge is 0.416 e. The van der Waals surface area contributed by atoms with Crippen LogP contribution in [0, 0.1) is 24.7 Å². The highest BCUT2D eigenvalue weighted by molar-refractivity contribution is 5.67. The highest BCUT2D eigenvalue weighted by Gasteiger charge is 2.52. The maximum absolute atomic E-state index is 13.0. The lowest BCUT2D eigenvalue weighted by atomic mass is 9.58. The third kappa shape index (κ3) is 6.57. The molecular weight excluding hydrogens is 579 g/mol. The Morgan fingerprint density at radius 2 is 1.69 bits per heavy atom. The minimum atomic E-state index is -4.31. The van der Waals surface area contributed by atoms with Crippen LogP contribution in [0.4, 0.5) is 23.7 Å². The Morgan fingerprint density at radius 3 is 2.31 bits per heavy atom. The van der Waals surface area contributed by atoms with Crippen LogP contribution in [0.3, 0.4) is 0 Å². The summed E-state index contributed by atoms with van der Waals surface area (Å²) in [6, 6.07) is 16.4. The summed E-state index contributed by atoms with van der Waals surface area (Å²) >= 11 is 0. The summed E-state index contributed by atoms with van der Waals surface area (Å²) < 4.78 is 46.3. The van der Waals surface area contributed by atoms with E-state index in [-0.39, 0.29) is 23.5 Å². The molecule has 2 unspecified atom stereocenters. The average Bonchev–Trinajstić information content (AvgIpc) is 3.66. The molecule has 7 nitrogen and oxygen atoms in total. The monoisotopic (exact) mass is 623 g/mol. The van der Waals surface area contributed by atoms with Gasteiger partial charge in [-0.15, -0.1) is 0 Å². The molecular formula is C35H44F3N5O2. The molecule has 0 radical (unpaired) electrons. The van der Waals surface area contributed by atoms with Crippen LogP contribution in [0.15, 0.2) is 67.0 Å². The van der Waals surface area contributed by atoms with Crippen molar-refractivity contribution in [2.45, 2.75) is 63.2 Å². The number of piperidine rings is 1. The summed E-state index contributed by atoms with van der Waals surface area (Å²) in [4.78, 5) is 21.8. The van der Waals surface area contributed by atoms with Gasteiger partial charge in [-0.1, -0.05) is 36.8 Å². The number of rotatable bonds is 9. The number of carbonyl (C=O) groups excluding carboxylic acids is 1. The first-order valence-electron chi connectivity index (χ1n) is 16.2. The molecule has 1 amide bonds. The molecule has 1 N–H and O–H groups in total. The Bertz CT molecular complexity index is 1420. The van der Waals surface area contributed by atoms with E-state index < -0.39 is 11.7 Å². The second kappa shape index (κ2) is 13.1. The Labute approximate surface area is 263 Å². The minimum absolute atomic E-state index is 0.0330. The first-order chi connectivity index (χ1) is 21.7. The van der Waals surface area contributed by atoms with Gasteiger partial charge in [0.1, 0.15) is 5.82 Å². The van der Waals surface area contributed by atoms with Crippen LogP contribution in [0.25, 0.3) is 0 Å². The lowest BCUT2D eigenvalue weighted by Crippen LogP contribution is -2.56. The Morgan fingerprint density at radius 1 is 0.978 bits per heavy atom. The highest BCUT2D eigenvalue weighted by atomic mass is 19.4. The van der Waals surface area contributed by atoms with Crippen LogP contribution in [0.1, 0.15) is 49.1 Å². The number of methoxy groups -OCH3 is 1. The molecule has 2 saturated heterocycles. The molecule has 3 aliphatic rings. The van der Waals surface area contributed by atoms with Crippen molar-refractivity contribution < 1.29 is 22.7 Å². The molecule has 10 heteroatoms. The Balaban J connectivity index is 1.18. The number of amides is 1. The zero-order valence-corrected chi connectivity index (χ0v) is 26.2. The number of anilines is 1. The van der Waals surface area contributed by atoms with E-state index in [1.54, 1.807) is 12.1 Å². The predicted octanol–water partition coefficient (Wildman–Crippen LogP) is 6.52. The SMILES string of the molecule is COC(=O)NC1CCC[C@H]1C(Cn1ccnc1C)(c1ccccc1)C1CCN(CC2CN(c3ccc(C(F)(F)F)cc3)C2)CC1. The van der Waals surface area contributed by atoms with E-state index >= 15 is 0 Å². The summed E-state index contributed by atoms with van der Waals surface area (Å²) in [5.41, 5.74) is 1.38. The number of hydrogen-bond acceptors (Lipinski definition) is 5. The van der Waals surface area contributed by atoms with E-state index in [0.29, 0.717) is 11.8 Å². The number of halogens is 3. The van der Waals surface area contributed by atoms with Crippen molar-refractivity contribution in [3.63, 3.8) is 0 Å². The average molecular weight is 624 g/mol.